The molecule has 3 rings (SSSR count). The third-order valence-electron chi connectivity index (χ3n) is 5.64. The molecule has 34 heavy (non-hydrogen) atoms. The number of fused-ring (bicyclic) bond motifs is 1. The lowest BCUT2D eigenvalue weighted by Gasteiger charge is -2.46. The van der Waals surface area contributed by atoms with Crippen molar-refractivity contribution < 1.29 is 42.8 Å². The van der Waals surface area contributed by atoms with Crippen molar-refractivity contribution in [3.8, 4) is 11.8 Å². The van der Waals surface area contributed by atoms with Gasteiger partial charge in [-0.05, 0) is 45.8 Å². The molecule has 0 N–H and O–H groups in total. The van der Waals surface area contributed by atoms with E-state index in [2.05, 4.69) is 11.8 Å². The van der Waals surface area contributed by atoms with Crippen molar-refractivity contribution in [2.24, 2.45) is 5.41 Å². The first-order valence-corrected chi connectivity index (χ1v) is 11.7. The van der Waals surface area contributed by atoms with Crippen LogP contribution in [0.25, 0.3) is 0 Å². The molecular formula is C25H34O9. The van der Waals surface area contributed by atoms with Gasteiger partial charge < -0.3 is 28.4 Å². The van der Waals surface area contributed by atoms with Gasteiger partial charge in [0.05, 0.1) is 18.1 Å². The van der Waals surface area contributed by atoms with E-state index < -0.39 is 54.0 Å². The maximum absolute atomic E-state index is 12.0. The normalized spacial score (nSPS) is 33.0. The zero-order chi connectivity index (χ0) is 24.9. The summed E-state index contributed by atoms with van der Waals surface area (Å²) in [6, 6.07) is 0. The van der Waals surface area contributed by atoms with Gasteiger partial charge in [0.2, 0.25) is 0 Å². The van der Waals surface area contributed by atoms with Crippen LogP contribution in [0.2, 0.25) is 0 Å². The number of carbonyl (C=O) groups is 3. The molecule has 0 aromatic heterocycles. The van der Waals surface area contributed by atoms with E-state index in [9.17, 15) is 14.4 Å². The predicted octanol–water partition coefficient (Wildman–Crippen LogP) is 2.10. The van der Waals surface area contributed by atoms with Crippen LogP contribution in [0.5, 0.6) is 0 Å². The number of esters is 3. The minimum Gasteiger partial charge on any atom is -0.456 e. The lowest BCUT2D eigenvalue weighted by molar-refractivity contribution is -0.259. The minimum absolute atomic E-state index is 0.212. The Balaban J connectivity index is 1.66. The van der Waals surface area contributed by atoms with Gasteiger partial charge in [-0.3, -0.25) is 14.4 Å². The number of hydrogen-bond donors (Lipinski definition) is 0. The average molecular weight is 479 g/mol. The molecule has 3 aliphatic heterocycles. The zero-order valence-corrected chi connectivity index (χ0v) is 20.4. The molecule has 9 nitrogen and oxygen atoms in total. The fourth-order valence-corrected chi connectivity index (χ4v) is 4.02. The Bertz CT molecular complexity index is 847. The summed E-state index contributed by atoms with van der Waals surface area (Å²) in [5.74, 6) is 4.77. The first-order valence-electron chi connectivity index (χ1n) is 11.7. The Morgan fingerprint density at radius 1 is 1.00 bits per heavy atom. The molecule has 0 aromatic carbocycles. The summed E-state index contributed by atoms with van der Waals surface area (Å²) >= 11 is 0. The van der Waals surface area contributed by atoms with E-state index in [1.165, 1.54) is 13.8 Å². The lowest BCUT2D eigenvalue weighted by Crippen LogP contribution is -2.61. The van der Waals surface area contributed by atoms with E-state index in [-0.39, 0.29) is 25.1 Å². The van der Waals surface area contributed by atoms with Crippen LogP contribution in [0, 0.1) is 17.3 Å². The van der Waals surface area contributed by atoms with Gasteiger partial charge in [0.1, 0.15) is 24.4 Å². The molecule has 1 unspecified atom stereocenters. The molecule has 0 saturated carbocycles. The van der Waals surface area contributed by atoms with E-state index in [1.54, 1.807) is 32.9 Å². The van der Waals surface area contributed by atoms with E-state index in [0.29, 0.717) is 6.61 Å². The molecule has 0 spiro atoms. The Labute approximate surface area is 200 Å². The minimum atomic E-state index is -0.834. The Morgan fingerprint density at radius 2 is 1.71 bits per heavy atom. The van der Waals surface area contributed by atoms with Crippen LogP contribution in [-0.4, -0.2) is 73.8 Å². The number of carbonyl (C=O) groups excluding carboxylic acids is 3. The predicted molar refractivity (Wildman–Crippen MR) is 119 cm³/mol. The SMILES string of the molecule is CC(=O)O[C@@H]1[C@H]2OCCC[C@@H]2O[C@H](CC#CC2C=C[C@H](OC(=O)C(C)(C)C)CO2)[C@H]1OC(C)=O. The highest BCUT2D eigenvalue weighted by molar-refractivity contribution is 5.75. The maximum Gasteiger partial charge on any atom is 0.311 e. The lowest BCUT2D eigenvalue weighted by atomic mass is 9.89. The molecule has 2 saturated heterocycles. The van der Waals surface area contributed by atoms with E-state index >= 15 is 0 Å². The van der Waals surface area contributed by atoms with E-state index in [0.717, 1.165) is 12.8 Å². The first-order chi connectivity index (χ1) is 16.0. The highest BCUT2D eigenvalue weighted by Crippen LogP contribution is 2.34. The fourth-order valence-electron chi connectivity index (χ4n) is 4.02. The quantitative estimate of drug-likeness (QED) is 0.260. The van der Waals surface area contributed by atoms with Gasteiger partial charge in [0.25, 0.3) is 0 Å². The smallest absolute Gasteiger partial charge is 0.311 e. The molecule has 188 valence electrons. The summed E-state index contributed by atoms with van der Waals surface area (Å²) < 4.78 is 34.1. The zero-order valence-electron chi connectivity index (χ0n) is 20.4. The molecule has 7 atom stereocenters. The molecule has 9 heteroatoms. The second kappa shape index (κ2) is 11.3. The summed E-state index contributed by atoms with van der Waals surface area (Å²) in [7, 11) is 0. The monoisotopic (exact) mass is 478 g/mol. The largest absolute Gasteiger partial charge is 0.456 e. The molecule has 0 amide bonds. The highest BCUT2D eigenvalue weighted by Gasteiger charge is 2.51. The standard InChI is InChI=1S/C25H34O9/c1-15(26)31-22-20(34-19-10-7-13-29-21(19)23(22)32-16(2)27)9-6-8-17-11-12-18(14-30-17)33-24(28)25(3,4)5/h11-12,17-23H,7,9-10,13-14H2,1-5H3/t17?,18-,19-,20+,21-,22+,23+/m0/s1. The van der Waals surface area contributed by atoms with Crippen LogP contribution < -0.4 is 0 Å². The van der Waals surface area contributed by atoms with Crippen molar-refractivity contribution in [2.75, 3.05) is 13.2 Å². The van der Waals surface area contributed by atoms with Crippen LogP contribution in [-0.2, 0) is 42.8 Å². The summed E-state index contributed by atoms with van der Waals surface area (Å²) in [6.07, 6.45) is 1.46. The molecule has 2 fully saturated rings. The summed E-state index contributed by atoms with van der Waals surface area (Å²) in [4.78, 5) is 35.6. The first kappa shape index (κ1) is 26.2. The van der Waals surface area contributed by atoms with Crippen LogP contribution in [0.15, 0.2) is 12.2 Å². The number of hydrogen-bond acceptors (Lipinski definition) is 9. The third-order valence-corrected chi connectivity index (χ3v) is 5.64. The topological polar surface area (TPSA) is 107 Å². The summed E-state index contributed by atoms with van der Waals surface area (Å²) in [5, 5.41) is 0. The second-order valence-corrected chi connectivity index (χ2v) is 9.70. The summed E-state index contributed by atoms with van der Waals surface area (Å²) in [6.45, 7) is 8.72. The van der Waals surface area contributed by atoms with E-state index in [4.69, 9.17) is 28.4 Å². The molecule has 0 aliphatic carbocycles. The molecule has 0 radical (unpaired) electrons. The van der Waals surface area contributed by atoms with Crippen LogP contribution in [0.1, 0.15) is 53.9 Å². The van der Waals surface area contributed by atoms with Gasteiger partial charge in [-0.15, -0.1) is 0 Å². The molecule has 0 aromatic rings. The van der Waals surface area contributed by atoms with Crippen molar-refractivity contribution in [2.45, 2.75) is 96.6 Å². The molecule has 0 bridgehead atoms. The molecule has 3 heterocycles. The van der Waals surface area contributed by atoms with Crippen molar-refractivity contribution in [1.82, 2.24) is 0 Å². The van der Waals surface area contributed by atoms with Crippen molar-refractivity contribution in [1.29, 1.82) is 0 Å². The highest BCUT2D eigenvalue weighted by atomic mass is 16.6. The summed E-state index contributed by atoms with van der Waals surface area (Å²) in [5.41, 5.74) is -0.588. The van der Waals surface area contributed by atoms with Gasteiger partial charge >= 0.3 is 17.9 Å². The second-order valence-electron chi connectivity index (χ2n) is 9.70. The van der Waals surface area contributed by atoms with Gasteiger partial charge in [0, 0.05) is 26.9 Å². The Kier molecular flexibility index (Phi) is 8.74. The van der Waals surface area contributed by atoms with Crippen molar-refractivity contribution in [3.63, 3.8) is 0 Å². The average Bonchev–Trinajstić information content (AvgIpc) is 2.75. The van der Waals surface area contributed by atoms with Gasteiger partial charge in [-0.2, -0.15) is 0 Å². The maximum atomic E-state index is 12.0. The molecule has 3 aliphatic rings. The number of ether oxygens (including phenoxy) is 6. The van der Waals surface area contributed by atoms with Crippen LogP contribution in [0.3, 0.4) is 0 Å². The number of rotatable bonds is 4. The third kappa shape index (κ3) is 7.05. The van der Waals surface area contributed by atoms with E-state index in [1.807, 2.05) is 0 Å². The fraction of sp³-hybridized carbons (Fsp3) is 0.720. The van der Waals surface area contributed by atoms with Crippen molar-refractivity contribution >= 4 is 17.9 Å². The van der Waals surface area contributed by atoms with Gasteiger partial charge in [-0.1, -0.05) is 11.8 Å². The Morgan fingerprint density at radius 3 is 2.32 bits per heavy atom. The van der Waals surface area contributed by atoms with Gasteiger partial charge in [-0.25, -0.2) is 0 Å². The van der Waals surface area contributed by atoms with Crippen LogP contribution >= 0.6 is 0 Å². The molecular weight excluding hydrogens is 444 g/mol. The van der Waals surface area contributed by atoms with Crippen molar-refractivity contribution in [3.05, 3.63) is 12.2 Å². The van der Waals surface area contributed by atoms with Crippen LogP contribution in [0.4, 0.5) is 0 Å². The van der Waals surface area contributed by atoms with Gasteiger partial charge in [0.15, 0.2) is 12.2 Å². The Hall–Kier alpha value is -2.41.